The molecule has 0 radical (unpaired) electrons. The van der Waals surface area contributed by atoms with Crippen LogP contribution in [0.15, 0.2) is 36.4 Å². The van der Waals surface area contributed by atoms with Crippen LogP contribution >= 0.6 is 50.7 Å². The lowest BCUT2D eigenvalue weighted by Gasteiger charge is -2.12. The number of ether oxygens (including phenoxy) is 1. The van der Waals surface area contributed by atoms with E-state index in [0.29, 0.717) is 31.9 Å². The van der Waals surface area contributed by atoms with Gasteiger partial charge < -0.3 is 4.74 Å². The second kappa shape index (κ2) is 6.16. The van der Waals surface area contributed by atoms with Gasteiger partial charge in [0.15, 0.2) is 0 Å². The fourth-order valence-electron chi connectivity index (χ4n) is 1.44. The first-order valence-electron chi connectivity index (χ1n) is 5.08. The second-order valence-corrected chi connectivity index (χ2v) is 5.34. The number of halogens is 4. The summed E-state index contributed by atoms with van der Waals surface area (Å²) < 4.78 is 5.76. The van der Waals surface area contributed by atoms with Gasteiger partial charge in [0.25, 0.3) is 0 Å². The van der Waals surface area contributed by atoms with E-state index in [2.05, 4.69) is 15.9 Å². The molecule has 0 saturated heterocycles. The van der Waals surface area contributed by atoms with Crippen molar-refractivity contribution in [2.24, 2.45) is 0 Å². The molecular formula is C13H8BrCl3O. The van der Waals surface area contributed by atoms with Crippen molar-refractivity contribution in [2.75, 3.05) is 0 Å². The van der Waals surface area contributed by atoms with E-state index in [-0.39, 0.29) is 0 Å². The van der Waals surface area contributed by atoms with Gasteiger partial charge in [-0.1, -0.05) is 56.8 Å². The fourth-order valence-corrected chi connectivity index (χ4v) is 2.86. The van der Waals surface area contributed by atoms with Crippen LogP contribution in [-0.2, 0) is 5.33 Å². The second-order valence-electron chi connectivity index (χ2n) is 3.53. The molecule has 94 valence electrons. The van der Waals surface area contributed by atoms with E-state index in [1.165, 1.54) is 0 Å². The van der Waals surface area contributed by atoms with Gasteiger partial charge in [0, 0.05) is 20.9 Å². The Morgan fingerprint density at radius 3 is 2.39 bits per heavy atom. The van der Waals surface area contributed by atoms with Crippen LogP contribution in [0.1, 0.15) is 5.56 Å². The molecule has 0 heterocycles. The largest absolute Gasteiger partial charge is 0.455 e. The molecule has 0 aliphatic carbocycles. The van der Waals surface area contributed by atoms with Crippen LogP contribution in [-0.4, -0.2) is 0 Å². The van der Waals surface area contributed by atoms with E-state index in [1.807, 2.05) is 18.2 Å². The molecule has 0 spiro atoms. The van der Waals surface area contributed by atoms with Gasteiger partial charge in [-0.05, 0) is 30.3 Å². The summed E-state index contributed by atoms with van der Waals surface area (Å²) in [5, 5.41) is 2.28. The van der Waals surface area contributed by atoms with Crippen molar-refractivity contribution in [3.8, 4) is 11.5 Å². The predicted octanol–water partition coefficient (Wildman–Crippen LogP) is 6.33. The van der Waals surface area contributed by atoms with E-state index in [0.717, 1.165) is 5.56 Å². The highest BCUT2D eigenvalue weighted by atomic mass is 79.9. The van der Waals surface area contributed by atoms with Crippen molar-refractivity contribution in [1.29, 1.82) is 0 Å². The smallest absolute Gasteiger partial charge is 0.146 e. The van der Waals surface area contributed by atoms with Crippen molar-refractivity contribution in [2.45, 2.75) is 5.33 Å². The first-order valence-corrected chi connectivity index (χ1v) is 7.33. The third kappa shape index (κ3) is 3.12. The molecular weight excluding hydrogens is 358 g/mol. The molecule has 0 bridgehead atoms. The molecule has 0 fully saturated rings. The SMILES string of the molecule is Clc1ccc(Oc2cccc(Cl)c2CBr)c(Cl)c1. The Morgan fingerprint density at radius 1 is 0.944 bits per heavy atom. The van der Waals surface area contributed by atoms with E-state index in [9.17, 15) is 0 Å². The van der Waals surface area contributed by atoms with Crippen LogP contribution in [0.4, 0.5) is 0 Å². The van der Waals surface area contributed by atoms with Crippen LogP contribution in [0.25, 0.3) is 0 Å². The zero-order chi connectivity index (χ0) is 13.1. The molecule has 1 nitrogen and oxygen atoms in total. The van der Waals surface area contributed by atoms with Crippen molar-refractivity contribution in [1.82, 2.24) is 0 Å². The highest BCUT2D eigenvalue weighted by Crippen LogP contribution is 2.36. The Bertz CT molecular complexity index is 572. The molecule has 0 aromatic heterocycles. The minimum absolute atomic E-state index is 0.461. The molecule has 0 N–H and O–H groups in total. The Labute approximate surface area is 129 Å². The van der Waals surface area contributed by atoms with Gasteiger partial charge in [0.05, 0.1) is 5.02 Å². The Hall–Kier alpha value is -0.410. The molecule has 0 unspecified atom stereocenters. The Balaban J connectivity index is 2.37. The van der Waals surface area contributed by atoms with Crippen molar-refractivity contribution in [3.63, 3.8) is 0 Å². The lowest BCUT2D eigenvalue weighted by Crippen LogP contribution is -1.91. The number of alkyl halides is 1. The molecule has 18 heavy (non-hydrogen) atoms. The monoisotopic (exact) mass is 364 g/mol. The van der Waals surface area contributed by atoms with E-state index in [1.54, 1.807) is 18.2 Å². The Morgan fingerprint density at radius 2 is 1.72 bits per heavy atom. The molecule has 2 aromatic carbocycles. The average molecular weight is 366 g/mol. The first-order chi connectivity index (χ1) is 8.61. The van der Waals surface area contributed by atoms with Crippen molar-refractivity contribution >= 4 is 50.7 Å². The number of benzene rings is 2. The lowest BCUT2D eigenvalue weighted by molar-refractivity contribution is 0.479. The minimum atomic E-state index is 0.461. The van der Waals surface area contributed by atoms with Gasteiger partial charge in [-0.3, -0.25) is 0 Å². The maximum Gasteiger partial charge on any atom is 0.146 e. The third-order valence-electron chi connectivity index (χ3n) is 2.32. The average Bonchev–Trinajstić information content (AvgIpc) is 2.33. The quantitative estimate of drug-likeness (QED) is 0.576. The summed E-state index contributed by atoms with van der Waals surface area (Å²) in [5.74, 6) is 1.22. The van der Waals surface area contributed by atoms with Crippen LogP contribution in [0.3, 0.4) is 0 Å². The van der Waals surface area contributed by atoms with Crippen LogP contribution in [0, 0.1) is 0 Å². The van der Waals surface area contributed by atoms with Gasteiger partial charge in [-0.15, -0.1) is 0 Å². The summed E-state index contributed by atoms with van der Waals surface area (Å²) in [6, 6.07) is 10.6. The summed E-state index contributed by atoms with van der Waals surface area (Å²) in [6.07, 6.45) is 0. The van der Waals surface area contributed by atoms with Crippen LogP contribution in [0.2, 0.25) is 15.1 Å². The predicted molar refractivity (Wildman–Crippen MR) is 80.6 cm³/mol. The number of hydrogen-bond donors (Lipinski definition) is 0. The topological polar surface area (TPSA) is 9.23 Å². The molecule has 0 saturated carbocycles. The number of hydrogen-bond acceptors (Lipinski definition) is 1. The molecule has 0 amide bonds. The van der Waals surface area contributed by atoms with Crippen molar-refractivity contribution in [3.05, 3.63) is 57.0 Å². The standard InChI is InChI=1S/C13H8BrCl3O/c14-7-9-10(16)2-1-3-12(9)18-13-5-4-8(15)6-11(13)17/h1-6H,7H2. The van der Waals surface area contributed by atoms with Gasteiger partial charge >= 0.3 is 0 Å². The minimum Gasteiger partial charge on any atom is -0.455 e. The highest BCUT2D eigenvalue weighted by molar-refractivity contribution is 9.08. The maximum atomic E-state index is 6.10. The van der Waals surface area contributed by atoms with Crippen LogP contribution < -0.4 is 4.74 Å². The highest BCUT2D eigenvalue weighted by Gasteiger charge is 2.10. The van der Waals surface area contributed by atoms with Gasteiger partial charge in [0.2, 0.25) is 0 Å². The number of rotatable bonds is 3. The molecule has 0 atom stereocenters. The lowest BCUT2D eigenvalue weighted by atomic mass is 10.2. The van der Waals surface area contributed by atoms with Crippen molar-refractivity contribution < 1.29 is 4.74 Å². The summed E-state index contributed by atoms with van der Waals surface area (Å²) in [6.45, 7) is 0. The van der Waals surface area contributed by atoms with Crippen LogP contribution in [0.5, 0.6) is 11.5 Å². The first kappa shape index (κ1) is 14.0. The fraction of sp³-hybridized carbons (Fsp3) is 0.0769. The Kier molecular flexibility index (Phi) is 4.79. The summed E-state index contributed by atoms with van der Waals surface area (Å²) in [4.78, 5) is 0. The molecule has 2 rings (SSSR count). The molecule has 2 aromatic rings. The van der Waals surface area contributed by atoms with Gasteiger partial charge in [-0.2, -0.15) is 0 Å². The molecule has 0 aliphatic rings. The summed E-state index contributed by atoms with van der Waals surface area (Å²) in [7, 11) is 0. The maximum absolute atomic E-state index is 6.10. The van der Waals surface area contributed by atoms with E-state index >= 15 is 0 Å². The van der Waals surface area contributed by atoms with Gasteiger partial charge in [0.1, 0.15) is 11.5 Å². The van der Waals surface area contributed by atoms with E-state index in [4.69, 9.17) is 39.5 Å². The summed E-state index contributed by atoms with van der Waals surface area (Å²) in [5.41, 5.74) is 0.880. The zero-order valence-electron chi connectivity index (χ0n) is 9.09. The zero-order valence-corrected chi connectivity index (χ0v) is 12.9. The normalized spacial score (nSPS) is 10.4. The third-order valence-corrected chi connectivity index (χ3v) is 3.77. The molecule has 0 aliphatic heterocycles. The van der Waals surface area contributed by atoms with E-state index < -0.39 is 0 Å². The summed E-state index contributed by atoms with van der Waals surface area (Å²) >= 11 is 21.4. The van der Waals surface area contributed by atoms with Gasteiger partial charge in [-0.25, -0.2) is 0 Å². The molecule has 5 heteroatoms.